The summed E-state index contributed by atoms with van der Waals surface area (Å²) in [5.74, 6) is 0. The first-order valence-corrected chi connectivity index (χ1v) is 6.48. The monoisotopic (exact) mass is 249 g/mol. The van der Waals surface area contributed by atoms with E-state index in [0.29, 0.717) is 11.6 Å². The first-order valence-electron chi connectivity index (χ1n) is 6.48. The summed E-state index contributed by atoms with van der Waals surface area (Å²) >= 11 is 0. The number of hydrogen-bond donors (Lipinski definition) is 2. The number of hydrogen-bond acceptors (Lipinski definition) is 4. The summed E-state index contributed by atoms with van der Waals surface area (Å²) in [7, 11) is -1.39. The molecule has 1 heterocycles. The van der Waals surface area contributed by atoms with Gasteiger partial charge in [-0.3, -0.25) is 4.90 Å². The fraction of sp³-hybridized carbons (Fsp3) is 0.538. The fourth-order valence-electron chi connectivity index (χ4n) is 2.28. The second kappa shape index (κ2) is 6.34. The largest absolute Gasteiger partial charge is 0.488 e. The van der Waals surface area contributed by atoms with Crippen molar-refractivity contribution in [1.82, 2.24) is 4.90 Å². The number of morpholine rings is 1. The molecule has 0 radical (unpaired) electrons. The standard InChI is InChI=1S/C13H20BNO3/c1-2-13-10-15(6-7-18-13)9-11-4-3-5-12(8-11)14(16)17/h3-5,8,13,16-17H,2,6-7,9-10H2,1H3. The summed E-state index contributed by atoms with van der Waals surface area (Å²) in [6.07, 6.45) is 1.36. The van der Waals surface area contributed by atoms with Crippen LogP contribution in [0.4, 0.5) is 0 Å². The Morgan fingerprint density at radius 1 is 1.44 bits per heavy atom. The molecule has 2 N–H and O–H groups in total. The van der Waals surface area contributed by atoms with Gasteiger partial charge >= 0.3 is 7.12 Å². The summed E-state index contributed by atoms with van der Waals surface area (Å²) < 4.78 is 5.64. The second-order valence-corrected chi connectivity index (χ2v) is 4.75. The molecule has 1 fully saturated rings. The maximum Gasteiger partial charge on any atom is 0.488 e. The Labute approximate surface area is 108 Å². The summed E-state index contributed by atoms with van der Waals surface area (Å²) in [5, 5.41) is 18.3. The molecule has 0 saturated carbocycles. The summed E-state index contributed by atoms with van der Waals surface area (Å²) in [6, 6.07) is 7.45. The van der Waals surface area contributed by atoms with Gasteiger partial charge in [-0.1, -0.05) is 31.2 Å². The highest BCUT2D eigenvalue weighted by molar-refractivity contribution is 6.58. The molecule has 1 aliphatic rings. The highest BCUT2D eigenvalue weighted by atomic mass is 16.5. The zero-order chi connectivity index (χ0) is 13.0. The number of nitrogens with zero attached hydrogens (tertiary/aromatic N) is 1. The minimum Gasteiger partial charge on any atom is -0.423 e. The summed E-state index contributed by atoms with van der Waals surface area (Å²) in [4.78, 5) is 2.35. The van der Waals surface area contributed by atoms with Crippen LogP contribution in [-0.2, 0) is 11.3 Å². The van der Waals surface area contributed by atoms with E-state index < -0.39 is 7.12 Å². The normalized spacial score (nSPS) is 20.9. The molecule has 0 amide bonds. The third-order valence-electron chi connectivity index (χ3n) is 3.33. The van der Waals surface area contributed by atoms with Gasteiger partial charge in [0.05, 0.1) is 12.7 Å². The van der Waals surface area contributed by atoms with Crippen LogP contribution in [0, 0.1) is 0 Å². The Kier molecular flexibility index (Phi) is 4.77. The van der Waals surface area contributed by atoms with Crippen LogP contribution in [0.25, 0.3) is 0 Å². The molecule has 1 aromatic rings. The molecular weight excluding hydrogens is 229 g/mol. The van der Waals surface area contributed by atoms with Crippen molar-refractivity contribution in [2.45, 2.75) is 26.0 Å². The lowest BCUT2D eigenvalue weighted by molar-refractivity contribution is -0.0324. The quantitative estimate of drug-likeness (QED) is 0.736. The zero-order valence-corrected chi connectivity index (χ0v) is 10.7. The maximum absolute atomic E-state index is 9.16. The predicted octanol–water partition coefficient (Wildman–Crippen LogP) is -0.0228. The summed E-state index contributed by atoms with van der Waals surface area (Å²) in [6.45, 7) is 5.63. The topological polar surface area (TPSA) is 52.9 Å². The van der Waals surface area contributed by atoms with Crippen LogP contribution in [0.2, 0.25) is 0 Å². The van der Waals surface area contributed by atoms with Gasteiger partial charge in [0.15, 0.2) is 0 Å². The molecule has 98 valence electrons. The molecule has 1 atom stereocenters. The van der Waals surface area contributed by atoms with Crippen LogP contribution < -0.4 is 5.46 Å². The lowest BCUT2D eigenvalue weighted by Crippen LogP contribution is -2.41. The average Bonchev–Trinajstić information content (AvgIpc) is 2.39. The second-order valence-electron chi connectivity index (χ2n) is 4.75. The van der Waals surface area contributed by atoms with E-state index in [1.54, 1.807) is 6.07 Å². The molecule has 0 spiro atoms. The predicted molar refractivity (Wildman–Crippen MR) is 71.6 cm³/mol. The molecule has 1 aliphatic heterocycles. The Balaban J connectivity index is 1.98. The van der Waals surface area contributed by atoms with Gasteiger partial charge in [-0.05, 0) is 17.4 Å². The fourth-order valence-corrected chi connectivity index (χ4v) is 2.28. The Morgan fingerprint density at radius 3 is 3.00 bits per heavy atom. The van der Waals surface area contributed by atoms with Crippen LogP contribution in [0.5, 0.6) is 0 Å². The molecule has 0 bridgehead atoms. The highest BCUT2D eigenvalue weighted by Crippen LogP contribution is 2.11. The van der Waals surface area contributed by atoms with E-state index in [1.165, 1.54) is 0 Å². The van der Waals surface area contributed by atoms with Crippen molar-refractivity contribution in [3.63, 3.8) is 0 Å². The molecule has 18 heavy (non-hydrogen) atoms. The molecular formula is C13H20BNO3. The zero-order valence-electron chi connectivity index (χ0n) is 10.7. The molecule has 1 aromatic carbocycles. The first-order chi connectivity index (χ1) is 8.69. The van der Waals surface area contributed by atoms with Gasteiger partial charge in [-0.15, -0.1) is 0 Å². The Hall–Kier alpha value is -0.875. The Morgan fingerprint density at radius 2 is 2.28 bits per heavy atom. The van der Waals surface area contributed by atoms with Crippen molar-refractivity contribution in [3.05, 3.63) is 29.8 Å². The van der Waals surface area contributed by atoms with Crippen molar-refractivity contribution in [2.24, 2.45) is 0 Å². The molecule has 1 saturated heterocycles. The van der Waals surface area contributed by atoms with E-state index in [2.05, 4.69) is 11.8 Å². The van der Waals surface area contributed by atoms with E-state index in [4.69, 9.17) is 14.8 Å². The van der Waals surface area contributed by atoms with Crippen molar-refractivity contribution in [1.29, 1.82) is 0 Å². The smallest absolute Gasteiger partial charge is 0.423 e. The lowest BCUT2D eigenvalue weighted by Gasteiger charge is -2.32. The third kappa shape index (κ3) is 3.56. The van der Waals surface area contributed by atoms with Gasteiger partial charge in [-0.2, -0.15) is 0 Å². The van der Waals surface area contributed by atoms with Crippen LogP contribution >= 0.6 is 0 Å². The van der Waals surface area contributed by atoms with Gasteiger partial charge in [0.2, 0.25) is 0 Å². The molecule has 4 nitrogen and oxygen atoms in total. The molecule has 1 unspecified atom stereocenters. The molecule has 5 heteroatoms. The van der Waals surface area contributed by atoms with Gasteiger partial charge in [-0.25, -0.2) is 0 Å². The SMILES string of the molecule is CCC1CN(Cc2cccc(B(O)O)c2)CCO1. The molecule has 2 rings (SSSR count). The first kappa shape index (κ1) is 13.6. The van der Waals surface area contributed by atoms with Crippen molar-refractivity contribution >= 4 is 12.6 Å². The van der Waals surface area contributed by atoms with Crippen LogP contribution in [0.15, 0.2) is 24.3 Å². The van der Waals surface area contributed by atoms with Crippen LogP contribution in [-0.4, -0.2) is 47.9 Å². The van der Waals surface area contributed by atoms with Gasteiger partial charge in [0.1, 0.15) is 0 Å². The van der Waals surface area contributed by atoms with Gasteiger partial charge in [0, 0.05) is 19.6 Å². The van der Waals surface area contributed by atoms with E-state index >= 15 is 0 Å². The minimum atomic E-state index is -1.39. The molecule has 0 aliphatic carbocycles. The Bertz CT molecular complexity index is 386. The van der Waals surface area contributed by atoms with Gasteiger partial charge < -0.3 is 14.8 Å². The third-order valence-corrected chi connectivity index (χ3v) is 3.33. The van der Waals surface area contributed by atoms with Crippen LogP contribution in [0.1, 0.15) is 18.9 Å². The minimum absolute atomic E-state index is 0.324. The van der Waals surface area contributed by atoms with E-state index in [0.717, 1.165) is 38.2 Å². The maximum atomic E-state index is 9.16. The lowest BCUT2D eigenvalue weighted by atomic mass is 9.79. The van der Waals surface area contributed by atoms with Gasteiger partial charge in [0.25, 0.3) is 0 Å². The van der Waals surface area contributed by atoms with E-state index in [-0.39, 0.29) is 0 Å². The highest BCUT2D eigenvalue weighted by Gasteiger charge is 2.19. The van der Waals surface area contributed by atoms with Crippen molar-refractivity contribution in [3.8, 4) is 0 Å². The average molecular weight is 249 g/mol. The van der Waals surface area contributed by atoms with Crippen LogP contribution in [0.3, 0.4) is 0 Å². The van der Waals surface area contributed by atoms with E-state index in [1.807, 2.05) is 18.2 Å². The molecule has 0 aromatic heterocycles. The van der Waals surface area contributed by atoms with Crippen molar-refractivity contribution < 1.29 is 14.8 Å². The number of benzene rings is 1. The number of rotatable bonds is 4. The number of ether oxygens (including phenoxy) is 1. The van der Waals surface area contributed by atoms with Crippen molar-refractivity contribution in [2.75, 3.05) is 19.7 Å². The summed E-state index contributed by atoms with van der Waals surface area (Å²) in [5.41, 5.74) is 1.66. The van der Waals surface area contributed by atoms with E-state index in [9.17, 15) is 0 Å².